The molecule has 2 heterocycles. The maximum atomic E-state index is 11.4. The number of nitrogens with two attached hydrogens (primary N) is 1. The summed E-state index contributed by atoms with van der Waals surface area (Å²) >= 11 is 0. The minimum absolute atomic E-state index is 0.400. The largest absolute Gasteiger partial charge is 0.380 e. The zero-order valence-corrected chi connectivity index (χ0v) is 12.9. The number of hydrogen-bond donors (Lipinski definition) is 2. The molecule has 120 valence electrons. The fourth-order valence-corrected chi connectivity index (χ4v) is 2.59. The molecule has 1 aromatic heterocycles. The van der Waals surface area contributed by atoms with E-state index in [0.29, 0.717) is 17.8 Å². The molecule has 0 bridgehead atoms. The molecule has 0 aliphatic carbocycles. The van der Waals surface area contributed by atoms with Crippen LogP contribution in [0.4, 0.5) is 11.4 Å². The lowest BCUT2D eigenvalue weighted by Crippen LogP contribution is -2.36. The van der Waals surface area contributed by atoms with Crippen LogP contribution in [0.15, 0.2) is 42.7 Å². The van der Waals surface area contributed by atoms with Crippen LogP contribution >= 0.6 is 0 Å². The SMILES string of the molecule is NC(=O)c1cnccc1NCc1ccc(N2CCOCC2)cc1. The van der Waals surface area contributed by atoms with E-state index >= 15 is 0 Å². The molecule has 0 radical (unpaired) electrons. The first-order valence-corrected chi connectivity index (χ1v) is 7.63. The molecule has 3 N–H and O–H groups in total. The molecule has 1 amide bonds. The van der Waals surface area contributed by atoms with E-state index in [0.717, 1.165) is 31.9 Å². The minimum Gasteiger partial charge on any atom is -0.380 e. The van der Waals surface area contributed by atoms with Crippen LogP contribution in [0.5, 0.6) is 0 Å². The maximum Gasteiger partial charge on any atom is 0.252 e. The van der Waals surface area contributed by atoms with Gasteiger partial charge in [0.05, 0.1) is 24.5 Å². The summed E-state index contributed by atoms with van der Waals surface area (Å²) in [6.07, 6.45) is 3.11. The van der Waals surface area contributed by atoms with Crippen molar-refractivity contribution < 1.29 is 9.53 Å². The smallest absolute Gasteiger partial charge is 0.252 e. The van der Waals surface area contributed by atoms with E-state index < -0.39 is 5.91 Å². The van der Waals surface area contributed by atoms with Crippen molar-refractivity contribution >= 4 is 17.3 Å². The predicted octanol–water partition coefficient (Wildman–Crippen LogP) is 1.63. The standard InChI is InChI=1S/C17H20N4O2/c18-17(22)15-12-19-6-5-16(15)20-11-13-1-3-14(4-2-13)21-7-9-23-10-8-21/h1-6,12H,7-11H2,(H2,18,22)(H,19,20). The van der Waals surface area contributed by atoms with Gasteiger partial charge in [-0.2, -0.15) is 0 Å². The van der Waals surface area contributed by atoms with Crippen molar-refractivity contribution in [1.82, 2.24) is 4.98 Å². The van der Waals surface area contributed by atoms with E-state index in [1.54, 1.807) is 12.3 Å². The molecule has 1 aliphatic heterocycles. The fourth-order valence-electron chi connectivity index (χ4n) is 2.59. The van der Waals surface area contributed by atoms with Crippen molar-refractivity contribution in [2.45, 2.75) is 6.54 Å². The molecule has 0 atom stereocenters. The summed E-state index contributed by atoms with van der Waals surface area (Å²) in [5.41, 5.74) is 8.79. The van der Waals surface area contributed by atoms with Gasteiger partial charge >= 0.3 is 0 Å². The highest BCUT2D eigenvalue weighted by molar-refractivity contribution is 5.98. The van der Waals surface area contributed by atoms with Crippen LogP contribution in [-0.2, 0) is 11.3 Å². The summed E-state index contributed by atoms with van der Waals surface area (Å²) in [7, 11) is 0. The normalized spacial score (nSPS) is 14.5. The Morgan fingerprint density at radius 3 is 2.65 bits per heavy atom. The predicted molar refractivity (Wildman–Crippen MR) is 89.6 cm³/mol. The first-order chi connectivity index (χ1) is 11.2. The van der Waals surface area contributed by atoms with Gasteiger partial charge in [0, 0.05) is 37.7 Å². The lowest BCUT2D eigenvalue weighted by atomic mass is 10.1. The van der Waals surface area contributed by atoms with Crippen molar-refractivity contribution in [2.75, 3.05) is 36.5 Å². The number of ether oxygens (including phenoxy) is 1. The Bertz CT molecular complexity index is 667. The molecular weight excluding hydrogens is 292 g/mol. The van der Waals surface area contributed by atoms with Gasteiger partial charge in [0.15, 0.2) is 0 Å². The van der Waals surface area contributed by atoms with E-state index in [4.69, 9.17) is 10.5 Å². The van der Waals surface area contributed by atoms with Gasteiger partial charge in [0.2, 0.25) is 0 Å². The van der Waals surface area contributed by atoms with E-state index in [1.165, 1.54) is 11.9 Å². The highest BCUT2D eigenvalue weighted by Crippen LogP contribution is 2.18. The second kappa shape index (κ2) is 7.11. The number of amides is 1. The first-order valence-electron chi connectivity index (χ1n) is 7.63. The van der Waals surface area contributed by atoms with E-state index in [1.807, 2.05) is 0 Å². The number of nitrogens with one attached hydrogen (secondary N) is 1. The van der Waals surface area contributed by atoms with Gasteiger partial charge < -0.3 is 20.7 Å². The van der Waals surface area contributed by atoms with Gasteiger partial charge in [-0.1, -0.05) is 12.1 Å². The molecule has 6 nitrogen and oxygen atoms in total. The molecule has 0 saturated carbocycles. The summed E-state index contributed by atoms with van der Waals surface area (Å²) in [6, 6.07) is 10.2. The number of anilines is 2. The highest BCUT2D eigenvalue weighted by Gasteiger charge is 2.11. The molecule has 1 fully saturated rings. The average molecular weight is 312 g/mol. The summed E-state index contributed by atoms with van der Waals surface area (Å²) in [6.45, 7) is 4.03. The van der Waals surface area contributed by atoms with Crippen molar-refractivity contribution in [1.29, 1.82) is 0 Å². The van der Waals surface area contributed by atoms with Crippen LogP contribution in [0.25, 0.3) is 0 Å². The van der Waals surface area contributed by atoms with Crippen molar-refractivity contribution in [3.05, 3.63) is 53.9 Å². The van der Waals surface area contributed by atoms with E-state index in [9.17, 15) is 4.79 Å². The molecule has 23 heavy (non-hydrogen) atoms. The van der Waals surface area contributed by atoms with Crippen LogP contribution in [-0.4, -0.2) is 37.2 Å². The number of hydrogen-bond acceptors (Lipinski definition) is 5. The Hall–Kier alpha value is -2.60. The Morgan fingerprint density at radius 2 is 1.96 bits per heavy atom. The lowest BCUT2D eigenvalue weighted by molar-refractivity contribution is 0.100. The minimum atomic E-state index is -0.483. The first kappa shape index (κ1) is 15.3. The average Bonchev–Trinajstić information content (AvgIpc) is 2.61. The van der Waals surface area contributed by atoms with Crippen LogP contribution in [0.1, 0.15) is 15.9 Å². The number of pyridine rings is 1. The monoisotopic (exact) mass is 312 g/mol. The molecular formula is C17H20N4O2. The van der Waals surface area contributed by atoms with Crippen LogP contribution in [0.2, 0.25) is 0 Å². The van der Waals surface area contributed by atoms with Crippen molar-refractivity contribution in [2.24, 2.45) is 5.73 Å². The third kappa shape index (κ3) is 3.78. The van der Waals surface area contributed by atoms with Gasteiger partial charge in [-0.3, -0.25) is 9.78 Å². The zero-order chi connectivity index (χ0) is 16.1. The number of rotatable bonds is 5. The molecule has 1 aliphatic rings. The van der Waals surface area contributed by atoms with Crippen molar-refractivity contribution in [3.63, 3.8) is 0 Å². The summed E-state index contributed by atoms with van der Waals surface area (Å²) in [5, 5.41) is 3.24. The summed E-state index contributed by atoms with van der Waals surface area (Å²) in [4.78, 5) is 17.6. The Labute approximate surface area is 135 Å². The highest BCUT2D eigenvalue weighted by atomic mass is 16.5. The molecule has 1 aromatic carbocycles. The summed E-state index contributed by atoms with van der Waals surface area (Å²) < 4.78 is 5.37. The van der Waals surface area contributed by atoms with Gasteiger partial charge in [0.25, 0.3) is 5.91 Å². The second-order valence-corrected chi connectivity index (χ2v) is 5.40. The number of nitrogens with zero attached hydrogens (tertiary/aromatic N) is 2. The van der Waals surface area contributed by atoms with Gasteiger partial charge in [-0.15, -0.1) is 0 Å². The van der Waals surface area contributed by atoms with E-state index in [-0.39, 0.29) is 0 Å². The Morgan fingerprint density at radius 1 is 1.22 bits per heavy atom. The van der Waals surface area contributed by atoms with Gasteiger partial charge in [0.1, 0.15) is 0 Å². The fraction of sp³-hybridized carbons (Fsp3) is 0.294. The number of aromatic nitrogens is 1. The van der Waals surface area contributed by atoms with Crippen LogP contribution in [0, 0.1) is 0 Å². The molecule has 0 spiro atoms. The topological polar surface area (TPSA) is 80.5 Å². The molecule has 6 heteroatoms. The number of primary amides is 1. The molecule has 0 unspecified atom stereocenters. The Kier molecular flexibility index (Phi) is 4.73. The number of morpholine rings is 1. The number of carbonyl (C=O) groups excluding carboxylic acids is 1. The lowest BCUT2D eigenvalue weighted by Gasteiger charge is -2.28. The number of carbonyl (C=O) groups is 1. The zero-order valence-electron chi connectivity index (χ0n) is 12.9. The molecule has 1 saturated heterocycles. The third-order valence-corrected chi connectivity index (χ3v) is 3.88. The van der Waals surface area contributed by atoms with Gasteiger partial charge in [-0.25, -0.2) is 0 Å². The van der Waals surface area contributed by atoms with E-state index in [2.05, 4.69) is 39.5 Å². The van der Waals surface area contributed by atoms with Gasteiger partial charge in [-0.05, 0) is 23.8 Å². The molecule has 2 aromatic rings. The Balaban J connectivity index is 1.64. The summed E-state index contributed by atoms with van der Waals surface area (Å²) in [5.74, 6) is -0.483. The van der Waals surface area contributed by atoms with Crippen molar-refractivity contribution in [3.8, 4) is 0 Å². The quantitative estimate of drug-likeness (QED) is 0.877. The van der Waals surface area contributed by atoms with Crippen LogP contribution < -0.4 is 16.0 Å². The second-order valence-electron chi connectivity index (χ2n) is 5.40. The maximum absolute atomic E-state index is 11.4. The number of benzene rings is 1. The third-order valence-electron chi connectivity index (χ3n) is 3.88. The molecule has 3 rings (SSSR count). The van der Waals surface area contributed by atoms with Crippen LogP contribution in [0.3, 0.4) is 0 Å².